The molecule has 1 nitrogen and oxygen atoms in total. The van der Waals surface area contributed by atoms with E-state index in [2.05, 4.69) is 267 Å². The number of hydrogen-bond donors (Lipinski definition) is 0. The van der Waals surface area contributed by atoms with Crippen LogP contribution in [-0.4, -0.2) is 8.07 Å². The zero-order valence-corrected chi connectivity index (χ0v) is 39.1. The molecule has 0 saturated carbocycles. The molecule has 0 saturated heterocycles. The second-order valence-corrected chi connectivity index (χ2v) is 23.1. The van der Waals surface area contributed by atoms with Crippen molar-refractivity contribution in [3.63, 3.8) is 0 Å². The largest absolute Gasteiger partial charge is 0.311 e. The summed E-state index contributed by atoms with van der Waals surface area (Å²) < 4.78 is 0. The molecule has 0 aliphatic carbocycles. The SMILES string of the molecule is C[Si]1(C)c2ccccc2N(c2ccccc2)c2ccc(-c3c4ccccc4c(-c4ccc(-c5c6ccccc6c(-c6ccccc6)c6cc(-c7ccccc7)ccc56)cc4)c4ccccc34)cc21. The first kappa shape index (κ1) is 40.0. The van der Waals surface area contributed by atoms with Crippen LogP contribution in [0.15, 0.2) is 249 Å². The molecule has 1 heterocycles. The predicted octanol–water partition coefficient (Wildman–Crippen LogP) is 17.2. The maximum Gasteiger partial charge on any atom is 0.117 e. The summed E-state index contributed by atoms with van der Waals surface area (Å²) in [5.41, 5.74) is 16.2. The lowest BCUT2D eigenvalue weighted by atomic mass is 9.83. The van der Waals surface area contributed by atoms with Crippen molar-refractivity contribution in [1.29, 1.82) is 0 Å². The van der Waals surface area contributed by atoms with Crippen LogP contribution in [0, 0.1) is 0 Å². The molecule has 0 N–H and O–H groups in total. The van der Waals surface area contributed by atoms with E-state index in [1.54, 1.807) is 0 Å². The molecule has 68 heavy (non-hydrogen) atoms. The van der Waals surface area contributed by atoms with Gasteiger partial charge in [-0.3, -0.25) is 0 Å². The first-order valence-electron chi connectivity index (χ1n) is 23.8. The van der Waals surface area contributed by atoms with Crippen molar-refractivity contribution >= 4 is 78.6 Å². The summed E-state index contributed by atoms with van der Waals surface area (Å²) >= 11 is 0. The average molecular weight is 882 g/mol. The van der Waals surface area contributed by atoms with Crippen LogP contribution in [-0.2, 0) is 0 Å². The Labute approximate surface area is 398 Å². The van der Waals surface area contributed by atoms with Crippen LogP contribution < -0.4 is 15.3 Å². The van der Waals surface area contributed by atoms with Crippen molar-refractivity contribution in [3.05, 3.63) is 249 Å². The van der Waals surface area contributed by atoms with E-state index in [1.165, 1.54) is 126 Å². The highest BCUT2D eigenvalue weighted by Gasteiger charge is 2.39. The standard InChI is InChI=1S/C66H47NSi/c1-68(2)61-33-19-18-32-59(61)67(50-24-10-5-11-25-50)60-41-39-49(43-62(60)68)66-55-30-16-13-27-52(55)63(53-28-14-17-31-56(53)66)46-34-36-47(37-35-46)64-51-26-12-15-29-54(51)65(45-22-8-4-9-23-45)58-42-48(38-40-57(58)64)44-20-6-3-7-21-44/h3-43H,1-2H3. The fourth-order valence-electron chi connectivity index (χ4n) is 11.5. The Hall–Kier alpha value is -8.30. The summed E-state index contributed by atoms with van der Waals surface area (Å²) in [6.07, 6.45) is 0. The van der Waals surface area contributed by atoms with Gasteiger partial charge in [0.1, 0.15) is 8.07 Å². The normalized spacial score (nSPS) is 12.9. The third kappa shape index (κ3) is 6.29. The van der Waals surface area contributed by atoms with Crippen LogP contribution in [0.5, 0.6) is 0 Å². The van der Waals surface area contributed by atoms with Gasteiger partial charge in [0.15, 0.2) is 0 Å². The topological polar surface area (TPSA) is 3.24 Å². The van der Waals surface area contributed by atoms with Crippen molar-refractivity contribution in [2.45, 2.75) is 13.1 Å². The number of fused-ring (bicyclic) bond motifs is 6. The van der Waals surface area contributed by atoms with E-state index in [1.807, 2.05) is 0 Å². The summed E-state index contributed by atoms with van der Waals surface area (Å²) in [5.74, 6) is 0. The molecule has 0 amide bonds. The van der Waals surface area contributed by atoms with Crippen molar-refractivity contribution < 1.29 is 0 Å². The molecule has 0 radical (unpaired) electrons. The molecule has 0 atom stereocenters. The molecule has 1 aliphatic heterocycles. The van der Waals surface area contributed by atoms with Crippen molar-refractivity contribution in [2.75, 3.05) is 4.90 Å². The first-order chi connectivity index (χ1) is 33.5. The Morgan fingerprint density at radius 2 is 0.618 bits per heavy atom. The molecule has 12 aromatic rings. The number of rotatable bonds is 6. The van der Waals surface area contributed by atoms with Gasteiger partial charge in [0, 0.05) is 17.1 Å². The summed E-state index contributed by atoms with van der Waals surface area (Å²) in [7, 11) is -2.12. The van der Waals surface area contributed by atoms with E-state index >= 15 is 0 Å². The van der Waals surface area contributed by atoms with Gasteiger partial charge in [-0.25, -0.2) is 0 Å². The minimum atomic E-state index is -2.12. The number of hydrogen-bond acceptors (Lipinski definition) is 1. The van der Waals surface area contributed by atoms with Crippen LogP contribution >= 0.6 is 0 Å². The number of benzene rings is 12. The van der Waals surface area contributed by atoms with Gasteiger partial charge in [-0.05, 0) is 139 Å². The molecule has 13 rings (SSSR count). The zero-order chi connectivity index (χ0) is 45.3. The van der Waals surface area contributed by atoms with Gasteiger partial charge >= 0.3 is 0 Å². The Balaban J connectivity index is 0.987. The van der Waals surface area contributed by atoms with E-state index in [0.717, 1.165) is 0 Å². The molecule has 0 fully saturated rings. The molecule has 1 aliphatic rings. The highest BCUT2D eigenvalue weighted by molar-refractivity contribution is 7.02. The summed E-state index contributed by atoms with van der Waals surface area (Å²) in [4.78, 5) is 2.47. The average Bonchev–Trinajstić information content (AvgIpc) is 3.40. The lowest BCUT2D eigenvalue weighted by Crippen LogP contribution is -2.58. The van der Waals surface area contributed by atoms with Gasteiger partial charge in [-0.1, -0.05) is 231 Å². The van der Waals surface area contributed by atoms with Crippen LogP contribution in [0.3, 0.4) is 0 Å². The third-order valence-electron chi connectivity index (χ3n) is 14.6. The fourth-order valence-corrected chi connectivity index (χ4v) is 14.5. The summed E-state index contributed by atoms with van der Waals surface area (Å²) in [6.45, 7) is 5.04. The molecular formula is C66H47NSi. The number of nitrogens with zero attached hydrogens (tertiary/aromatic N) is 1. The second-order valence-electron chi connectivity index (χ2n) is 18.8. The Bertz CT molecular complexity index is 3860. The fraction of sp³-hybridized carbons (Fsp3) is 0.0303. The molecule has 2 heteroatoms. The Kier molecular flexibility index (Phi) is 9.38. The van der Waals surface area contributed by atoms with Crippen molar-refractivity contribution in [2.24, 2.45) is 0 Å². The van der Waals surface area contributed by atoms with Crippen molar-refractivity contribution in [3.8, 4) is 55.6 Å². The van der Waals surface area contributed by atoms with Crippen LogP contribution in [0.1, 0.15) is 0 Å². The lowest BCUT2D eigenvalue weighted by molar-refractivity contribution is 1.29. The summed E-state index contributed by atoms with van der Waals surface area (Å²) in [6, 6.07) is 92.4. The van der Waals surface area contributed by atoms with Crippen LogP contribution in [0.25, 0.3) is 98.7 Å². The van der Waals surface area contributed by atoms with Gasteiger partial charge in [0.05, 0.1) is 0 Å². The van der Waals surface area contributed by atoms with E-state index in [-0.39, 0.29) is 0 Å². The monoisotopic (exact) mass is 881 g/mol. The minimum absolute atomic E-state index is 1.19. The van der Waals surface area contributed by atoms with Crippen LogP contribution in [0.4, 0.5) is 17.1 Å². The van der Waals surface area contributed by atoms with E-state index in [9.17, 15) is 0 Å². The Morgan fingerprint density at radius 1 is 0.250 bits per heavy atom. The third-order valence-corrected chi connectivity index (χ3v) is 18.1. The predicted molar refractivity (Wildman–Crippen MR) is 295 cm³/mol. The molecule has 0 spiro atoms. The highest BCUT2D eigenvalue weighted by atomic mass is 28.3. The molecule has 12 aromatic carbocycles. The van der Waals surface area contributed by atoms with E-state index < -0.39 is 8.07 Å². The molecule has 320 valence electrons. The summed E-state index contributed by atoms with van der Waals surface area (Å²) in [5, 5.41) is 13.0. The minimum Gasteiger partial charge on any atom is -0.311 e. The molecule has 0 aromatic heterocycles. The molecule has 0 bridgehead atoms. The van der Waals surface area contributed by atoms with Crippen LogP contribution in [0.2, 0.25) is 13.1 Å². The lowest BCUT2D eigenvalue weighted by Gasteiger charge is -2.41. The maximum atomic E-state index is 2.54. The molecule has 0 unspecified atom stereocenters. The first-order valence-corrected chi connectivity index (χ1v) is 26.8. The number of anilines is 3. The highest BCUT2D eigenvalue weighted by Crippen LogP contribution is 2.48. The van der Waals surface area contributed by atoms with Gasteiger partial charge in [-0.15, -0.1) is 0 Å². The van der Waals surface area contributed by atoms with E-state index in [4.69, 9.17) is 0 Å². The maximum absolute atomic E-state index is 2.54. The van der Waals surface area contributed by atoms with Gasteiger partial charge in [0.25, 0.3) is 0 Å². The Morgan fingerprint density at radius 3 is 1.16 bits per heavy atom. The quantitative estimate of drug-likeness (QED) is 0.119. The van der Waals surface area contributed by atoms with Gasteiger partial charge in [0.2, 0.25) is 0 Å². The van der Waals surface area contributed by atoms with Gasteiger partial charge < -0.3 is 4.90 Å². The zero-order valence-electron chi connectivity index (χ0n) is 38.1. The number of para-hydroxylation sites is 2. The molecular weight excluding hydrogens is 835 g/mol. The second kappa shape index (κ2) is 15.9. The van der Waals surface area contributed by atoms with Crippen molar-refractivity contribution in [1.82, 2.24) is 0 Å². The van der Waals surface area contributed by atoms with E-state index in [0.29, 0.717) is 0 Å². The smallest absolute Gasteiger partial charge is 0.117 e. The van der Waals surface area contributed by atoms with Gasteiger partial charge in [-0.2, -0.15) is 0 Å².